The summed E-state index contributed by atoms with van der Waals surface area (Å²) in [4.78, 5) is 25.7. The van der Waals surface area contributed by atoms with Crippen LogP contribution in [0, 0.1) is 23.7 Å². The smallest absolute Gasteiger partial charge is 0.326 e. The van der Waals surface area contributed by atoms with Crippen LogP contribution in [0.25, 0.3) is 0 Å². The third-order valence-electron chi connectivity index (χ3n) is 4.80. The van der Waals surface area contributed by atoms with Crippen molar-refractivity contribution in [3.8, 4) is 0 Å². The topological polar surface area (TPSA) is 83.6 Å². The number of aliphatic carboxylic acids is 1. The number of likely N-dealkylation sites (tertiary alicyclic amines) is 1. The predicted molar refractivity (Wildman–Crippen MR) is 71.4 cm³/mol. The fraction of sp³-hybridized carbons (Fsp3) is 0.857. The zero-order valence-electron chi connectivity index (χ0n) is 11.7. The quantitative estimate of drug-likeness (QED) is 0.794. The van der Waals surface area contributed by atoms with Crippen LogP contribution in [0.15, 0.2) is 0 Å². The van der Waals surface area contributed by atoms with Gasteiger partial charge in [0.1, 0.15) is 6.04 Å². The van der Waals surface area contributed by atoms with Gasteiger partial charge >= 0.3 is 5.97 Å². The lowest BCUT2D eigenvalue weighted by Crippen LogP contribution is -2.48. The lowest BCUT2D eigenvalue weighted by atomic mass is 9.92. The summed E-state index contributed by atoms with van der Waals surface area (Å²) in [6.45, 7) is 4.81. The van der Waals surface area contributed by atoms with Crippen molar-refractivity contribution in [2.75, 3.05) is 13.1 Å². The molecule has 1 saturated carbocycles. The van der Waals surface area contributed by atoms with Gasteiger partial charge in [0, 0.05) is 13.1 Å². The molecule has 1 amide bonds. The van der Waals surface area contributed by atoms with Crippen molar-refractivity contribution in [3.05, 3.63) is 0 Å². The molecule has 2 rings (SSSR count). The summed E-state index contributed by atoms with van der Waals surface area (Å²) in [5.74, 6) is -0.530. The highest BCUT2D eigenvalue weighted by atomic mass is 16.4. The molecule has 1 aliphatic carbocycles. The third-order valence-corrected chi connectivity index (χ3v) is 4.80. The van der Waals surface area contributed by atoms with Crippen LogP contribution in [-0.2, 0) is 9.59 Å². The van der Waals surface area contributed by atoms with E-state index in [0.29, 0.717) is 12.5 Å². The Hall–Kier alpha value is -1.10. The standard InChI is InChI=1S/C14H24N2O3/c1-8(2)11(6-15)13(17)16-7-9-4-3-5-10(9)12(16)14(18)19/h8-12H,3-7,15H2,1-2H3,(H,18,19). The third kappa shape index (κ3) is 2.48. The molecule has 5 heteroatoms. The first-order valence-electron chi connectivity index (χ1n) is 7.20. The first-order chi connectivity index (χ1) is 8.97. The molecular formula is C14H24N2O3. The minimum Gasteiger partial charge on any atom is -0.480 e. The first-order valence-corrected chi connectivity index (χ1v) is 7.20. The van der Waals surface area contributed by atoms with Gasteiger partial charge in [-0.05, 0) is 30.6 Å². The minimum atomic E-state index is -0.859. The maximum atomic E-state index is 12.5. The van der Waals surface area contributed by atoms with Gasteiger partial charge in [0.15, 0.2) is 0 Å². The largest absolute Gasteiger partial charge is 0.480 e. The van der Waals surface area contributed by atoms with Gasteiger partial charge in [-0.3, -0.25) is 4.79 Å². The Kier molecular flexibility index (Phi) is 4.13. The molecule has 19 heavy (non-hydrogen) atoms. The molecule has 108 valence electrons. The van der Waals surface area contributed by atoms with Gasteiger partial charge in [-0.1, -0.05) is 20.3 Å². The average molecular weight is 268 g/mol. The molecule has 1 saturated heterocycles. The molecule has 0 radical (unpaired) electrons. The number of nitrogens with zero attached hydrogens (tertiary/aromatic N) is 1. The minimum absolute atomic E-state index is 0.0701. The van der Waals surface area contributed by atoms with E-state index in [0.717, 1.165) is 19.3 Å². The monoisotopic (exact) mass is 268 g/mol. The van der Waals surface area contributed by atoms with Gasteiger partial charge in [-0.2, -0.15) is 0 Å². The number of hydrogen-bond donors (Lipinski definition) is 2. The van der Waals surface area contributed by atoms with E-state index in [1.54, 1.807) is 4.90 Å². The molecule has 3 N–H and O–H groups in total. The van der Waals surface area contributed by atoms with E-state index in [1.165, 1.54) is 0 Å². The van der Waals surface area contributed by atoms with Crippen LogP contribution in [-0.4, -0.2) is 41.0 Å². The number of fused-ring (bicyclic) bond motifs is 1. The Morgan fingerprint density at radius 3 is 2.58 bits per heavy atom. The maximum Gasteiger partial charge on any atom is 0.326 e. The molecule has 5 nitrogen and oxygen atoms in total. The number of amides is 1. The van der Waals surface area contributed by atoms with Crippen molar-refractivity contribution in [2.24, 2.45) is 29.4 Å². The Morgan fingerprint density at radius 1 is 1.37 bits per heavy atom. The number of nitrogens with two attached hydrogens (primary N) is 1. The van der Waals surface area contributed by atoms with E-state index in [-0.39, 0.29) is 30.2 Å². The number of carboxylic acid groups (broad SMARTS) is 1. The van der Waals surface area contributed by atoms with Crippen molar-refractivity contribution in [1.82, 2.24) is 4.90 Å². The van der Waals surface area contributed by atoms with Crippen LogP contribution >= 0.6 is 0 Å². The number of rotatable bonds is 4. The Bertz CT molecular complexity index is 370. The molecule has 0 aromatic heterocycles. The van der Waals surface area contributed by atoms with Crippen LogP contribution in [0.1, 0.15) is 33.1 Å². The van der Waals surface area contributed by atoms with Gasteiger partial charge in [-0.15, -0.1) is 0 Å². The number of carboxylic acids is 1. The van der Waals surface area contributed by atoms with Gasteiger partial charge in [-0.25, -0.2) is 4.79 Å². The Labute approximate surface area is 114 Å². The summed E-state index contributed by atoms with van der Waals surface area (Å²) in [6.07, 6.45) is 3.07. The molecule has 2 fully saturated rings. The van der Waals surface area contributed by atoms with Crippen LogP contribution in [0.3, 0.4) is 0 Å². The van der Waals surface area contributed by atoms with E-state index in [1.807, 2.05) is 13.8 Å². The second-order valence-corrected chi connectivity index (χ2v) is 6.21. The van der Waals surface area contributed by atoms with Gasteiger partial charge in [0.25, 0.3) is 0 Å². The lowest BCUT2D eigenvalue weighted by Gasteiger charge is -2.29. The highest BCUT2D eigenvalue weighted by Gasteiger charge is 2.50. The van der Waals surface area contributed by atoms with E-state index < -0.39 is 12.0 Å². The van der Waals surface area contributed by atoms with Crippen LogP contribution in [0.2, 0.25) is 0 Å². The summed E-state index contributed by atoms with van der Waals surface area (Å²) < 4.78 is 0. The fourth-order valence-electron chi connectivity index (χ4n) is 3.72. The van der Waals surface area contributed by atoms with Gasteiger partial charge in [0.2, 0.25) is 5.91 Å². The summed E-state index contributed by atoms with van der Waals surface area (Å²) in [5, 5.41) is 9.45. The fourth-order valence-corrected chi connectivity index (χ4v) is 3.72. The highest BCUT2D eigenvalue weighted by molar-refractivity contribution is 5.86. The highest BCUT2D eigenvalue weighted by Crippen LogP contribution is 2.42. The first kappa shape index (κ1) is 14.3. The van der Waals surface area contributed by atoms with Crippen molar-refractivity contribution in [3.63, 3.8) is 0 Å². The molecule has 0 bridgehead atoms. The van der Waals surface area contributed by atoms with Crippen LogP contribution < -0.4 is 5.73 Å². The Balaban J connectivity index is 2.19. The molecule has 4 atom stereocenters. The molecule has 4 unspecified atom stereocenters. The van der Waals surface area contributed by atoms with E-state index in [9.17, 15) is 14.7 Å². The van der Waals surface area contributed by atoms with E-state index in [2.05, 4.69) is 0 Å². The summed E-state index contributed by atoms with van der Waals surface area (Å²) in [5.41, 5.74) is 5.68. The van der Waals surface area contributed by atoms with Gasteiger partial charge < -0.3 is 15.7 Å². The van der Waals surface area contributed by atoms with Crippen molar-refractivity contribution in [1.29, 1.82) is 0 Å². The SMILES string of the molecule is CC(C)C(CN)C(=O)N1CC2CCCC2C1C(=O)O. The average Bonchev–Trinajstić information content (AvgIpc) is 2.87. The zero-order valence-corrected chi connectivity index (χ0v) is 11.7. The van der Waals surface area contributed by atoms with Crippen molar-refractivity contribution >= 4 is 11.9 Å². The van der Waals surface area contributed by atoms with Crippen molar-refractivity contribution < 1.29 is 14.7 Å². The van der Waals surface area contributed by atoms with Crippen molar-refractivity contribution in [2.45, 2.75) is 39.2 Å². The number of carbonyl (C=O) groups is 2. The molecule has 0 aromatic carbocycles. The zero-order chi connectivity index (χ0) is 14.2. The number of hydrogen-bond acceptors (Lipinski definition) is 3. The lowest BCUT2D eigenvalue weighted by molar-refractivity contribution is -0.151. The molecule has 1 heterocycles. The van der Waals surface area contributed by atoms with E-state index >= 15 is 0 Å². The normalized spacial score (nSPS) is 31.6. The molecular weight excluding hydrogens is 244 g/mol. The molecule has 2 aliphatic rings. The predicted octanol–water partition coefficient (Wildman–Crippen LogP) is 0.929. The Morgan fingerprint density at radius 2 is 2.05 bits per heavy atom. The molecule has 1 aliphatic heterocycles. The summed E-state index contributed by atoms with van der Waals surface area (Å²) >= 11 is 0. The second kappa shape index (κ2) is 5.49. The second-order valence-electron chi connectivity index (χ2n) is 6.21. The van der Waals surface area contributed by atoms with Gasteiger partial charge in [0.05, 0.1) is 5.92 Å². The maximum absolute atomic E-state index is 12.5. The van der Waals surface area contributed by atoms with Crippen LogP contribution in [0.5, 0.6) is 0 Å². The van der Waals surface area contributed by atoms with Crippen LogP contribution in [0.4, 0.5) is 0 Å². The molecule has 0 spiro atoms. The van der Waals surface area contributed by atoms with E-state index in [4.69, 9.17) is 5.73 Å². The number of carbonyl (C=O) groups excluding carboxylic acids is 1. The summed E-state index contributed by atoms with van der Waals surface area (Å²) in [6, 6.07) is -0.632. The summed E-state index contributed by atoms with van der Waals surface area (Å²) in [7, 11) is 0. The molecule has 0 aromatic rings.